The Kier molecular flexibility index (Phi) is 7.91. The Balaban J connectivity index is 1.78. The van der Waals surface area contributed by atoms with Crippen LogP contribution in [0.2, 0.25) is 0 Å². The lowest BCUT2D eigenvalue weighted by Gasteiger charge is -2.47. The molecule has 3 heterocycles. The monoisotopic (exact) mass is 456 g/mol. The zero-order valence-electron chi connectivity index (χ0n) is 17.3. The van der Waals surface area contributed by atoms with Crippen LogP contribution >= 0.6 is 0 Å². The first-order chi connectivity index (χ1) is 14.4. The van der Waals surface area contributed by atoms with Crippen molar-refractivity contribution in [2.75, 3.05) is 0 Å². The fourth-order valence-corrected chi connectivity index (χ4v) is 3.87. The smallest absolute Gasteiger partial charge is 0.187 e. The van der Waals surface area contributed by atoms with Crippen molar-refractivity contribution < 1.29 is 64.5 Å². The van der Waals surface area contributed by atoms with E-state index in [0.717, 1.165) is 0 Å². The molecule has 13 heteroatoms. The number of rotatable bonds is 4. The first-order valence-electron chi connectivity index (χ1n) is 10.2. The summed E-state index contributed by atoms with van der Waals surface area (Å²) in [5.41, 5.74) is 0. The van der Waals surface area contributed by atoms with Gasteiger partial charge in [0, 0.05) is 0 Å². The molecule has 13 nitrogen and oxygen atoms in total. The number of aliphatic hydroxyl groups excluding tert-OH is 8. The largest absolute Gasteiger partial charge is 0.388 e. The van der Waals surface area contributed by atoms with E-state index in [0.29, 0.717) is 0 Å². The van der Waals surface area contributed by atoms with Crippen LogP contribution in [0.25, 0.3) is 0 Å². The molecule has 3 fully saturated rings. The van der Waals surface area contributed by atoms with Gasteiger partial charge in [-0.3, -0.25) is 0 Å². The van der Waals surface area contributed by atoms with E-state index < -0.39 is 92.1 Å². The number of ether oxygens (including phenoxy) is 5. The summed E-state index contributed by atoms with van der Waals surface area (Å²) in [4.78, 5) is 0. The van der Waals surface area contributed by atoms with Crippen molar-refractivity contribution in [3.8, 4) is 0 Å². The summed E-state index contributed by atoms with van der Waals surface area (Å²) in [6.07, 6.45) is -21.1. The molecule has 0 amide bonds. The van der Waals surface area contributed by atoms with Crippen molar-refractivity contribution in [1.82, 2.24) is 0 Å². The molecular weight excluding hydrogens is 424 g/mol. The predicted octanol–water partition coefficient (Wildman–Crippen LogP) is -4.49. The molecule has 15 atom stereocenters. The van der Waals surface area contributed by atoms with Gasteiger partial charge in [-0.25, -0.2) is 0 Å². The third kappa shape index (κ3) is 4.89. The Morgan fingerprint density at radius 3 is 1.29 bits per heavy atom. The molecule has 182 valence electrons. The predicted molar refractivity (Wildman–Crippen MR) is 97.0 cm³/mol. The highest BCUT2D eigenvalue weighted by atomic mass is 16.8. The molecule has 3 aliphatic heterocycles. The molecule has 0 radical (unpaired) electrons. The summed E-state index contributed by atoms with van der Waals surface area (Å²) in [5.74, 6) is 0. The van der Waals surface area contributed by atoms with Crippen molar-refractivity contribution in [3.63, 3.8) is 0 Å². The van der Waals surface area contributed by atoms with E-state index in [1.165, 1.54) is 20.8 Å². The summed E-state index contributed by atoms with van der Waals surface area (Å²) in [5, 5.41) is 81.0. The highest BCUT2D eigenvalue weighted by Gasteiger charge is 2.52. The van der Waals surface area contributed by atoms with Gasteiger partial charge in [0.05, 0.1) is 18.3 Å². The lowest BCUT2D eigenvalue weighted by atomic mass is 9.97. The van der Waals surface area contributed by atoms with Crippen LogP contribution < -0.4 is 0 Å². The van der Waals surface area contributed by atoms with Gasteiger partial charge < -0.3 is 64.5 Å². The van der Waals surface area contributed by atoms with E-state index in [1.807, 2.05) is 0 Å². The molecule has 3 rings (SSSR count). The zero-order chi connectivity index (χ0) is 23.2. The molecule has 0 aromatic rings. The lowest BCUT2D eigenvalue weighted by Crippen LogP contribution is -2.65. The molecule has 3 saturated heterocycles. The van der Waals surface area contributed by atoms with Crippen LogP contribution in [0.4, 0.5) is 0 Å². The third-order valence-corrected chi connectivity index (χ3v) is 5.98. The third-order valence-electron chi connectivity index (χ3n) is 5.98. The van der Waals surface area contributed by atoms with Crippen molar-refractivity contribution in [2.45, 2.75) is 113 Å². The summed E-state index contributed by atoms with van der Waals surface area (Å²) >= 11 is 0. The van der Waals surface area contributed by atoms with Gasteiger partial charge in [0.1, 0.15) is 54.9 Å². The number of aliphatic hydroxyl groups is 8. The maximum absolute atomic E-state index is 10.6. The van der Waals surface area contributed by atoms with Gasteiger partial charge in [-0.15, -0.1) is 0 Å². The average Bonchev–Trinajstić information content (AvgIpc) is 2.72. The minimum Gasteiger partial charge on any atom is -0.388 e. The van der Waals surface area contributed by atoms with E-state index in [1.54, 1.807) is 0 Å². The first-order valence-corrected chi connectivity index (χ1v) is 10.2. The van der Waals surface area contributed by atoms with Crippen molar-refractivity contribution in [1.29, 1.82) is 0 Å². The van der Waals surface area contributed by atoms with Crippen LogP contribution in [0.5, 0.6) is 0 Å². The fraction of sp³-hybridized carbons (Fsp3) is 1.00. The van der Waals surface area contributed by atoms with Gasteiger partial charge in [0.2, 0.25) is 0 Å². The second kappa shape index (κ2) is 9.77. The van der Waals surface area contributed by atoms with Gasteiger partial charge in [-0.2, -0.15) is 0 Å². The molecule has 0 saturated carbocycles. The Morgan fingerprint density at radius 2 is 0.839 bits per heavy atom. The van der Waals surface area contributed by atoms with E-state index in [-0.39, 0.29) is 0 Å². The fourth-order valence-electron chi connectivity index (χ4n) is 3.87. The molecular formula is C18H32O13. The minimum absolute atomic E-state index is 0.914. The molecule has 8 N–H and O–H groups in total. The van der Waals surface area contributed by atoms with Gasteiger partial charge in [-0.1, -0.05) is 0 Å². The molecule has 0 aromatic heterocycles. The second-order valence-electron chi connectivity index (χ2n) is 8.29. The highest BCUT2D eigenvalue weighted by Crippen LogP contribution is 2.32. The van der Waals surface area contributed by atoms with Crippen LogP contribution in [-0.2, 0) is 23.7 Å². The van der Waals surface area contributed by atoms with Gasteiger partial charge >= 0.3 is 0 Å². The maximum Gasteiger partial charge on any atom is 0.187 e. The maximum atomic E-state index is 10.6. The van der Waals surface area contributed by atoms with Crippen LogP contribution in [-0.4, -0.2) is 133 Å². The SMILES string of the molecule is C[C@H]1O[C@H](O[C@H]2[C@H](O)[C@@H](C)O[C@H](O)[C@H]2O[C@H]2O[C@H](C)[C@@H](O)[C@H](O)[C@@H]2O)[C@@H](O)[C@@H](O)[C@@H]1O. The standard InChI is InChI=1S/C18H32O13/c1-4-7(19)10(22)12(24)17(28-4)30-14-9(21)6(3)27-16(26)15(14)31-18-13(25)11(23)8(20)5(2)29-18/h4-26H,1-3H3/t4-,5-,6-,7-,8-,9-,10+,11+,12+,13+,14+,15+,16+,17-,18-/m1/s1. The zero-order valence-corrected chi connectivity index (χ0v) is 17.3. The summed E-state index contributed by atoms with van der Waals surface area (Å²) in [6, 6.07) is 0. The lowest BCUT2D eigenvalue weighted by molar-refractivity contribution is -0.382. The Labute approximate surface area is 178 Å². The van der Waals surface area contributed by atoms with Crippen molar-refractivity contribution in [3.05, 3.63) is 0 Å². The van der Waals surface area contributed by atoms with E-state index in [9.17, 15) is 40.9 Å². The molecule has 0 aliphatic carbocycles. The van der Waals surface area contributed by atoms with E-state index in [4.69, 9.17) is 23.7 Å². The van der Waals surface area contributed by atoms with Crippen molar-refractivity contribution in [2.24, 2.45) is 0 Å². The van der Waals surface area contributed by atoms with Crippen LogP contribution in [0.3, 0.4) is 0 Å². The number of hydrogen-bond donors (Lipinski definition) is 8. The summed E-state index contributed by atoms with van der Waals surface area (Å²) < 4.78 is 27.2. The summed E-state index contributed by atoms with van der Waals surface area (Å²) in [6.45, 7) is 4.34. The second-order valence-corrected chi connectivity index (χ2v) is 8.29. The number of hydrogen-bond acceptors (Lipinski definition) is 13. The Hall–Kier alpha value is -0.520. The Morgan fingerprint density at radius 1 is 0.452 bits per heavy atom. The molecule has 0 bridgehead atoms. The van der Waals surface area contributed by atoms with Crippen LogP contribution in [0.1, 0.15) is 20.8 Å². The molecule has 0 unspecified atom stereocenters. The van der Waals surface area contributed by atoms with E-state index in [2.05, 4.69) is 0 Å². The molecule has 0 spiro atoms. The van der Waals surface area contributed by atoms with Crippen LogP contribution in [0, 0.1) is 0 Å². The van der Waals surface area contributed by atoms with Gasteiger partial charge in [0.15, 0.2) is 18.9 Å². The first kappa shape index (κ1) is 25.1. The molecule has 31 heavy (non-hydrogen) atoms. The van der Waals surface area contributed by atoms with E-state index >= 15 is 0 Å². The normalized spacial score (nSPS) is 56.4. The molecule has 0 aromatic carbocycles. The Bertz CT molecular complexity index is 595. The van der Waals surface area contributed by atoms with Crippen molar-refractivity contribution >= 4 is 0 Å². The topological polar surface area (TPSA) is 208 Å². The molecule has 3 aliphatic rings. The van der Waals surface area contributed by atoms with Gasteiger partial charge in [-0.05, 0) is 20.8 Å². The quantitative estimate of drug-likeness (QED) is 0.201. The van der Waals surface area contributed by atoms with Gasteiger partial charge in [0.25, 0.3) is 0 Å². The highest BCUT2D eigenvalue weighted by molar-refractivity contribution is 4.94. The minimum atomic E-state index is -1.69. The summed E-state index contributed by atoms with van der Waals surface area (Å²) in [7, 11) is 0. The average molecular weight is 456 g/mol. The van der Waals surface area contributed by atoms with Crippen LogP contribution in [0.15, 0.2) is 0 Å².